The lowest BCUT2D eigenvalue weighted by atomic mass is 10.2. The van der Waals surface area contributed by atoms with Crippen LogP contribution in [0.25, 0.3) is 0 Å². The Bertz CT molecular complexity index is 1130. The maximum Gasteiger partial charge on any atom is 0.343 e. The number of hydrogen-bond acceptors (Lipinski definition) is 5. The summed E-state index contributed by atoms with van der Waals surface area (Å²) < 4.78 is 6.24. The van der Waals surface area contributed by atoms with E-state index >= 15 is 0 Å². The van der Waals surface area contributed by atoms with Gasteiger partial charge >= 0.3 is 17.8 Å². The number of anilines is 1. The van der Waals surface area contributed by atoms with Crippen LogP contribution in [-0.4, -0.2) is 24.0 Å². The third-order valence-corrected chi connectivity index (χ3v) is 4.66. The molecule has 2 amide bonds. The number of amides is 2. The summed E-state index contributed by atoms with van der Waals surface area (Å²) in [4.78, 5) is 36.2. The molecule has 2 N–H and O–H groups in total. The molecular weight excluding hydrogens is 486 g/mol. The van der Waals surface area contributed by atoms with Crippen molar-refractivity contribution >= 4 is 57.2 Å². The van der Waals surface area contributed by atoms with Gasteiger partial charge in [-0.15, -0.1) is 0 Å². The van der Waals surface area contributed by atoms with Gasteiger partial charge in [-0.3, -0.25) is 9.59 Å². The standard InChI is InChI=1S/C22H15BrClN3O4/c23-16-7-11-18(12-8-16)26-20(28)21(29)27-25-13-15-3-1-2-4-19(15)31-22(30)14-5-9-17(24)10-6-14/h1-13H,(H,26,28)(H,27,29)/b25-13+. The summed E-state index contributed by atoms with van der Waals surface area (Å²) in [7, 11) is 0. The van der Waals surface area contributed by atoms with Crippen molar-refractivity contribution in [1.29, 1.82) is 0 Å². The average Bonchev–Trinajstić information content (AvgIpc) is 2.76. The van der Waals surface area contributed by atoms with Crippen LogP contribution >= 0.6 is 27.5 Å². The van der Waals surface area contributed by atoms with Gasteiger partial charge in [-0.05, 0) is 60.7 Å². The van der Waals surface area contributed by atoms with E-state index in [9.17, 15) is 14.4 Å². The number of hydrazone groups is 1. The third kappa shape index (κ3) is 6.50. The average molecular weight is 501 g/mol. The summed E-state index contributed by atoms with van der Waals surface area (Å²) in [5.74, 6) is -2.16. The molecule has 0 aliphatic heterocycles. The number of esters is 1. The van der Waals surface area contributed by atoms with Gasteiger partial charge in [0.2, 0.25) is 0 Å². The van der Waals surface area contributed by atoms with E-state index in [1.807, 2.05) is 0 Å². The predicted octanol–water partition coefficient (Wildman–Crippen LogP) is 4.41. The molecule has 0 aliphatic carbocycles. The SMILES string of the molecule is O=C(N/N=C/c1ccccc1OC(=O)c1ccc(Cl)cc1)C(=O)Nc1ccc(Br)cc1. The summed E-state index contributed by atoms with van der Waals surface area (Å²) in [6, 6.07) is 19.6. The molecule has 156 valence electrons. The maximum absolute atomic E-state index is 12.3. The van der Waals surface area contributed by atoms with Crippen molar-refractivity contribution in [2.24, 2.45) is 5.10 Å². The fourth-order valence-electron chi connectivity index (χ4n) is 2.36. The fraction of sp³-hybridized carbons (Fsp3) is 0. The van der Waals surface area contributed by atoms with E-state index in [1.54, 1.807) is 72.8 Å². The molecule has 0 bridgehead atoms. The first kappa shape index (κ1) is 22.2. The molecule has 0 saturated carbocycles. The first-order chi connectivity index (χ1) is 14.9. The van der Waals surface area contributed by atoms with Gasteiger partial charge in [-0.1, -0.05) is 39.7 Å². The zero-order valence-electron chi connectivity index (χ0n) is 15.8. The Labute approximate surface area is 191 Å². The van der Waals surface area contributed by atoms with Crippen LogP contribution in [0, 0.1) is 0 Å². The second-order valence-electron chi connectivity index (χ2n) is 6.09. The minimum absolute atomic E-state index is 0.236. The molecule has 0 fully saturated rings. The minimum atomic E-state index is -0.949. The number of halogens is 2. The Balaban J connectivity index is 1.61. The topological polar surface area (TPSA) is 96.9 Å². The van der Waals surface area contributed by atoms with E-state index in [0.717, 1.165) is 4.47 Å². The van der Waals surface area contributed by atoms with Crippen molar-refractivity contribution in [1.82, 2.24) is 5.43 Å². The highest BCUT2D eigenvalue weighted by atomic mass is 79.9. The number of nitrogens with one attached hydrogen (secondary N) is 2. The van der Waals surface area contributed by atoms with Crippen molar-refractivity contribution < 1.29 is 19.1 Å². The summed E-state index contributed by atoms with van der Waals surface area (Å²) in [5.41, 5.74) is 3.36. The van der Waals surface area contributed by atoms with Crippen LogP contribution in [-0.2, 0) is 9.59 Å². The van der Waals surface area contributed by atoms with Crippen molar-refractivity contribution in [3.05, 3.63) is 93.4 Å². The lowest BCUT2D eigenvalue weighted by molar-refractivity contribution is -0.136. The lowest BCUT2D eigenvalue weighted by Gasteiger charge is -2.07. The largest absolute Gasteiger partial charge is 0.422 e. The van der Waals surface area contributed by atoms with Gasteiger partial charge in [0.05, 0.1) is 11.8 Å². The molecule has 0 heterocycles. The lowest BCUT2D eigenvalue weighted by Crippen LogP contribution is -2.32. The molecule has 0 spiro atoms. The first-order valence-corrected chi connectivity index (χ1v) is 10.1. The highest BCUT2D eigenvalue weighted by Crippen LogP contribution is 2.18. The van der Waals surface area contributed by atoms with Gasteiger partial charge in [-0.2, -0.15) is 5.10 Å². The Morgan fingerprint density at radius 2 is 1.58 bits per heavy atom. The summed E-state index contributed by atoms with van der Waals surface area (Å²) in [6.07, 6.45) is 1.27. The Kier molecular flexibility index (Phi) is 7.53. The number of ether oxygens (including phenoxy) is 1. The first-order valence-electron chi connectivity index (χ1n) is 8.89. The number of nitrogens with zero attached hydrogens (tertiary/aromatic N) is 1. The van der Waals surface area contributed by atoms with Crippen LogP contribution in [0.15, 0.2) is 82.4 Å². The highest BCUT2D eigenvalue weighted by Gasteiger charge is 2.13. The monoisotopic (exact) mass is 499 g/mol. The van der Waals surface area contributed by atoms with E-state index in [2.05, 4.69) is 31.8 Å². The molecule has 0 radical (unpaired) electrons. The van der Waals surface area contributed by atoms with Crippen LogP contribution < -0.4 is 15.5 Å². The van der Waals surface area contributed by atoms with Crippen LogP contribution in [0.2, 0.25) is 5.02 Å². The minimum Gasteiger partial charge on any atom is -0.422 e. The fourth-order valence-corrected chi connectivity index (χ4v) is 2.75. The van der Waals surface area contributed by atoms with Crippen LogP contribution in [0.4, 0.5) is 5.69 Å². The van der Waals surface area contributed by atoms with Crippen LogP contribution in [0.3, 0.4) is 0 Å². The van der Waals surface area contributed by atoms with E-state index in [-0.39, 0.29) is 5.75 Å². The molecule has 3 aromatic carbocycles. The molecule has 3 aromatic rings. The van der Waals surface area contributed by atoms with E-state index in [0.29, 0.717) is 21.8 Å². The number of hydrogen-bond donors (Lipinski definition) is 2. The van der Waals surface area contributed by atoms with Gasteiger partial charge in [0.25, 0.3) is 0 Å². The number of carbonyl (C=O) groups is 3. The third-order valence-electron chi connectivity index (χ3n) is 3.88. The van der Waals surface area contributed by atoms with Crippen molar-refractivity contribution in [2.75, 3.05) is 5.32 Å². The molecule has 7 nitrogen and oxygen atoms in total. The Morgan fingerprint density at radius 3 is 2.29 bits per heavy atom. The predicted molar refractivity (Wildman–Crippen MR) is 121 cm³/mol. The van der Waals surface area contributed by atoms with Gasteiger partial charge in [-0.25, -0.2) is 10.2 Å². The zero-order valence-corrected chi connectivity index (χ0v) is 18.2. The van der Waals surface area contributed by atoms with Gasteiger partial charge in [0, 0.05) is 20.7 Å². The van der Waals surface area contributed by atoms with Gasteiger partial charge in [0.1, 0.15) is 5.75 Å². The number of carbonyl (C=O) groups excluding carboxylic acids is 3. The molecule has 31 heavy (non-hydrogen) atoms. The number of para-hydroxylation sites is 1. The molecule has 3 rings (SSSR count). The van der Waals surface area contributed by atoms with E-state index in [1.165, 1.54) is 6.21 Å². The van der Waals surface area contributed by atoms with E-state index in [4.69, 9.17) is 16.3 Å². The zero-order chi connectivity index (χ0) is 22.2. The van der Waals surface area contributed by atoms with E-state index < -0.39 is 17.8 Å². The molecular formula is C22H15BrClN3O4. The molecule has 0 aromatic heterocycles. The maximum atomic E-state index is 12.3. The highest BCUT2D eigenvalue weighted by molar-refractivity contribution is 9.10. The smallest absolute Gasteiger partial charge is 0.343 e. The molecule has 0 saturated heterocycles. The summed E-state index contributed by atoms with van der Waals surface area (Å²) >= 11 is 9.11. The molecule has 0 unspecified atom stereocenters. The van der Waals surface area contributed by atoms with Gasteiger partial charge < -0.3 is 10.1 Å². The second kappa shape index (κ2) is 10.5. The number of benzene rings is 3. The summed E-state index contributed by atoms with van der Waals surface area (Å²) in [5, 5.41) is 6.73. The normalized spacial score (nSPS) is 10.5. The summed E-state index contributed by atoms with van der Waals surface area (Å²) in [6.45, 7) is 0. The van der Waals surface area contributed by atoms with Crippen LogP contribution in [0.5, 0.6) is 5.75 Å². The molecule has 9 heteroatoms. The Morgan fingerprint density at radius 1 is 0.903 bits per heavy atom. The van der Waals surface area contributed by atoms with Crippen molar-refractivity contribution in [3.63, 3.8) is 0 Å². The van der Waals surface area contributed by atoms with Crippen molar-refractivity contribution in [3.8, 4) is 5.75 Å². The molecule has 0 aliphatic rings. The van der Waals surface area contributed by atoms with Crippen LogP contribution in [0.1, 0.15) is 15.9 Å². The quantitative estimate of drug-likeness (QED) is 0.178. The number of rotatable bonds is 5. The second-order valence-corrected chi connectivity index (χ2v) is 7.45. The Hall–Kier alpha value is -3.49. The molecule has 0 atom stereocenters. The van der Waals surface area contributed by atoms with Gasteiger partial charge in [0.15, 0.2) is 0 Å². The van der Waals surface area contributed by atoms with Crippen molar-refractivity contribution in [2.45, 2.75) is 0 Å².